The Balaban J connectivity index is 1.65. The van der Waals surface area contributed by atoms with Gasteiger partial charge in [0.1, 0.15) is 5.69 Å². The maximum absolute atomic E-state index is 12.9. The van der Waals surface area contributed by atoms with E-state index in [9.17, 15) is 28.1 Å². The number of amides is 1. The topological polar surface area (TPSA) is 145 Å². The Morgan fingerprint density at radius 2 is 1.71 bits per heavy atom. The molecule has 2 aromatic carbocycles. The minimum atomic E-state index is -3.77. The normalized spacial score (nSPS) is 19.7. The Kier molecular flexibility index (Phi) is 7.64. The van der Waals surface area contributed by atoms with Crippen molar-refractivity contribution >= 4 is 33.3 Å². The average Bonchev–Trinajstić information content (AvgIpc) is 2.78. The molecule has 0 aromatic heterocycles. The number of sulfonamides is 1. The number of benzene rings is 2. The number of ether oxygens (including phenoxy) is 2. The number of morpholine rings is 1. The summed E-state index contributed by atoms with van der Waals surface area (Å²) in [7, 11) is -3.77. The predicted octanol–water partition coefficient (Wildman–Crippen LogP) is 2.58. The van der Waals surface area contributed by atoms with Gasteiger partial charge in [-0.3, -0.25) is 14.9 Å². The summed E-state index contributed by atoms with van der Waals surface area (Å²) in [6.45, 7) is 5.36. The van der Waals surface area contributed by atoms with Gasteiger partial charge in [-0.1, -0.05) is 12.1 Å². The molecule has 11 nitrogen and oxygen atoms in total. The van der Waals surface area contributed by atoms with Crippen LogP contribution in [0.1, 0.15) is 31.1 Å². The first kappa shape index (κ1) is 25.3. The maximum atomic E-state index is 12.9. The van der Waals surface area contributed by atoms with E-state index in [4.69, 9.17) is 9.47 Å². The van der Waals surface area contributed by atoms with Crippen molar-refractivity contribution in [3.63, 3.8) is 0 Å². The molecule has 0 radical (unpaired) electrons. The van der Waals surface area contributed by atoms with Crippen molar-refractivity contribution in [3.8, 4) is 0 Å². The van der Waals surface area contributed by atoms with Crippen molar-refractivity contribution in [2.45, 2.75) is 44.0 Å². The van der Waals surface area contributed by atoms with E-state index in [1.807, 2.05) is 0 Å². The molecule has 1 heterocycles. The second kappa shape index (κ2) is 10.3. The van der Waals surface area contributed by atoms with Gasteiger partial charge < -0.3 is 14.8 Å². The number of nitrogens with zero attached hydrogens (tertiary/aromatic N) is 2. The van der Waals surface area contributed by atoms with Gasteiger partial charge in [0.15, 0.2) is 6.10 Å². The average molecular weight is 492 g/mol. The lowest BCUT2D eigenvalue weighted by molar-refractivity contribution is -0.383. The van der Waals surface area contributed by atoms with Crippen LogP contribution in [0.2, 0.25) is 0 Å². The first-order valence-electron chi connectivity index (χ1n) is 10.5. The lowest BCUT2D eigenvalue weighted by atomic mass is 10.2. The van der Waals surface area contributed by atoms with Crippen LogP contribution in [-0.2, 0) is 24.3 Å². The molecule has 0 bridgehead atoms. The summed E-state index contributed by atoms with van der Waals surface area (Å²) in [5, 5.41) is 13.5. The molecule has 12 heteroatoms. The van der Waals surface area contributed by atoms with Crippen LogP contribution in [-0.4, -0.2) is 60.9 Å². The Morgan fingerprint density at radius 1 is 1.12 bits per heavy atom. The summed E-state index contributed by atoms with van der Waals surface area (Å²) < 4.78 is 37.9. The van der Waals surface area contributed by atoms with Crippen molar-refractivity contribution in [2.24, 2.45) is 0 Å². The quantitative estimate of drug-likeness (QED) is 0.353. The number of esters is 1. The van der Waals surface area contributed by atoms with E-state index in [1.165, 1.54) is 59.8 Å². The van der Waals surface area contributed by atoms with Crippen LogP contribution in [0, 0.1) is 10.1 Å². The SMILES string of the molecule is CC1CN(S(=O)(=O)c2ccc(C(=O)OC(C)C(=O)Nc3ccccc3[N+](=O)[O-])cc2)CC(C)O1. The number of rotatable bonds is 7. The van der Waals surface area contributed by atoms with Gasteiger partial charge >= 0.3 is 5.97 Å². The Labute approximate surface area is 196 Å². The van der Waals surface area contributed by atoms with Gasteiger partial charge in [0, 0.05) is 19.2 Å². The molecular formula is C22H25N3O8S. The van der Waals surface area contributed by atoms with Gasteiger partial charge in [0.05, 0.1) is 27.6 Å². The van der Waals surface area contributed by atoms with Gasteiger partial charge in [-0.05, 0) is 51.1 Å². The summed E-state index contributed by atoms with van der Waals surface area (Å²) in [5.74, 6) is -1.60. The van der Waals surface area contributed by atoms with Gasteiger partial charge in [0.25, 0.3) is 11.6 Å². The molecule has 3 unspecified atom stereocenters. The smallest absolute Gasteiger partial charge is 0.338 e. The van der Waals surface area contributed by atoms with Crippen LogP contribution in [0.3, 0.4) is 0 Å². The van der Waals surface area contributed by atoms with Crippen molar-refractivity contribution in [2.75, 3.05) is 18.4 Å². The van der Waals surface area contributed by atoms with Gasteiger partial charge in [0.2, 0.25) is 10.0 Å². The summed E-state index contributed by atoms with van der Waals surface area (Å²) in [5.41, 5.74) is -0.273. The lowest BCUT2D eigenvalue weighted by Gasteiger charge is -2.34. The number of carbonyl (C=O) groups excluding carboxylic acids is 2. The van der Waals surface area contributed by atoms with Crippen LogP contribution in [0.15, 0.2) is 53.4 Å². The highest BCUT2D eigenvalue weighted by molar-refractivity contribution is 7.89. The molecule has 34 heavy (non-hydrogen) atoms. The number of para-hydroxylation sites is 2. The standard InChI is InChI=1S/C22H25N3O8S/c1-14-12-24(13-15(2)32-14)34(30,31)18-10-8-17(9-11-18)22(27)33-16(3)21(26)23-19-6-4-5-7-20(19)25(28)29/h4-11,14-16H,12-13H2,1-3H3,(H,23,26). The molecular weight excluding hydrogens is 466 g/mol. The first-order chi connectivity index (χ1) is 16.0. The molecule has 1 N–H and O–H groups in total. The van der Waals surface area contributed by atoms with Crippen molar-refractivity contribution in [1.82, 2.24) is 4.31 Å². The van der Waals surface area contributed by atoms with Crippen LogP contribution < -0.4 is 5.32 Å². The number of nitro benzene ring substituents is 1. The van der Waals surface area contributed by atoms with E-state index in [1.54, 1.807) is 13.8 Å². The number of anilines is 1. The molecule has 0 aliphatic carbocycles. The summed E-state index contributed by atoms with van der Waals surface area (Å²) in [6.07, 6.45) is -1.73. The van der Waals surface area contributed by atoms with Crippen LogP contribution in [0.5, 0.6) is 0 Å². The monoisotopic (exact) mass is 491 g/mol. The number of nitro groups is 1. The van der Waals surface area contributed by atoms with Crippen LogP contribution in [0.4, 0.5) is 11.4 Å². The van der Waals surface area contributed by atoms with Gasteiger partial charge in [-0.15, -0.1) is 0 Å². The van der Waals surface area contributed by atoms with E-state index >= 15 is 0 Å². The van der Waals surface area contributed by atoms with Gasteiger partial charge in [-0.25, -0.2) is 13.2 Å². The van der Waals surface area contributed by atoms with Crippen molar-refractivity contribution in [3.05, 3.63) is 64.2 Å². The number of carbonyl (C=O) groups is 2. The molecule has 1 amide bonds. The Morgan fingerprint density at radius 3 is 2.29 bits per heavy atom. The lowest BCUT2D eigenvalue weighted by Crippen LogP contribution is -2.48. The highest BCUT2D eigenvalue weighted by atomic mass is 32.2. The Bertz CT molecular complexity index is 1170. The molecule has 3 rings (SSSR count). The van der Waals surface area contributed by atoms with E-state index in [0.717, 1.165) is 0 Å². The fourth-order valence-corrected chi connectivity index (χ4v) is 5.08. The maximum Gasteiger partial charge on any atom is 0.338 e. The van der Waals surface area contributed by atoms with Crippen molar-refractivity contribution in [1.29, 1.82) is 0 Å². The third-order valence-corrected chi connectivity index (χ3v) is 6.97. The third-order valence-electron chi connectivity index (χ3n) is 5.13. The second-order valence-corrected chi connectivity index (χ2v) is 9.85. The molecule has 182 valence electrons. The third kappa shape index (κ3) is 5.76. The van der Waals surface area contributed by atoms with Crippen LogP contribution in [0.25, 0.3) is 0 Å². The predicted molar refractivity (Wildman–Crippen MR) is 122 cm³/mol. The Hall–Kier alpha value is -3.35. The summed E-state index contributed by atoms with van der Waals surface area (Å²) >= 11 is 0. The van der Waals surface area contributed by atoms with E-state index in [-0.39, 0.29) is 47.1 Å². The highest BCUT2D eigenvalue weighted by Crippen LogP contribution is 2.24. The highest BCUT2D eigenvalue weighted by Gasteiger charge is 2.32. The fourth-order valence-electron chi connectivity index (χ4n) is 3.49. The fraction of sp³-hybridized carbons (Fsp3) is 0.364. The zero-order valence-corrected chi connectivity index (χ0v) is 19.7. The summed E-state index contributed by atoms with van der Waals surface area (Å²) in [6, 6.07) is 10.8. The van der Waals surface area contributed by atoms with E-state index in [2.05, 4.69) is 5.32 Å². The zero-order chi connectivity index (χ0) is 25.0. The molecule has 1 fully saturated rings. The molecule has 0 spiro atoms. The molecule has 0 saturated carbocycles. The molecule has 3 atom stereocenters. The van der Waals surface area contributed by atoms with Gasteiger partial charge in [-0.2, -0.15) is 4.31 Å². The van der Waals surface area contributed by atoms with E-state index in [0.29, 0.717) is 0 Å². The van der Waals surface area contributed by atoms with Crippen LogP contribution >= 0.6 is 0 Å². The molecule has 1 saturated heterocycles. The number of hydrogen-bond acceptors (Lipinski definition) is 8. The summed E-state index contributed by atoms with van der Waals surface area (Å²) in [4.78, 5) is 35.3. The number of nitrogens with one attached hydrogen (secondary N) is 1. The minimum Gasteiger partial charge on any atom is -0.449 e. The molecule has 2 aromatic rings. The second-order valence-electron chi connectivity index (χ2n) is 7.91. The first-order valence-corrected chi connectivity index (χ1v) is 11.9. The zero-order valence-electron chi connectivity index (χ0n) is 18.8. The van der Waals surface area contributed by atoms with E-state index < -0.39 is 32.9 Å². The van der Waals surface area contributed by atoms with Crippen molar-refractivity contribution < 1.29 is 32.4 Å². The largest absolute Gasteiger partial charge is 0.449 e. The molecule has 1 aliphatic rings. The minimum absolute atomic E-state index is 0.0209. The molecule has 1 aliphatic heterocycles. The number of hydrogen-bond donors (Lipinski definition) is 1.